The topological polar surface area (TPSA) is 139 Å². The first-order chi connectivity index (χ1) is 10.9. The molecule has 0 saturated heterocycles. The highest BCUT2D eigenvalue weighted by molar-refractivity contribution is 6.38. The van der Waals surface area contributed by atoms with Crippen LogP contribution in [-0.2, 0) is 19.2 Å². The van der Waals surface area contributed by atoms with Crippen molar-refractivity contribution in [1.82, 2.24) is 10.6 Å². The smallest absolute Gasteiger partial charge is 0.326 e. The number of nitrogens with two attached hydrogens (primary N) is 1. The molecule has 1 aliphatic carbocycles. The standard InChI is InChI=1S/C15H25N3O5/c1-2-5-10(16)13(20)14(21)17-8-11(19)18-12(15(22)23)9-6-3-4-7-9/h9-10,12H,2-8,16H2,1H3,(H,17,21)(H,18,19)(H,22,23). The molecule has 5 N–H and O–H groups in total. The third kappa shape index (κ3) is 5.97. The molecule has 0 aromatic heterocycles. The minimum atomic E-state index is -1.09. The lowest BCUT2D eigenvalue weighted by Gasteiger charge is -2.20. The predicted octanol–water partition coefficient (Wildman–Crippen LogP) is -0.441. The van der Waals surface area contributed by atoms with Gasteiger partial charge in [-0.2, -0.15) is 0 Å². The summed E-state index contributed by atoms with van der Waals surface area (Å²) in [7, 11) is 0. The number of carboxylic acid groups (broad SMARTS) is 1. The lowest BCUT2D eigenvalue weighted by atomic mass is 9.98. The summed E-state index contributed by atoms with van der Waals surface area (Å²) in [5.74, 6) is -3.50. The summed E-state index contributed by atoms with van der Waals surface area (Å²) in [6.45, 7) is 1.40. The number of hydrogen-bond donors (Lipinski definition) is 4. The lowest BCUT2D eigenvalue weighted by Crippen LogP contribution is -2.50. The summed E-state index contributed by atoms with van der Waals surface area (Å²) in [6.07, 6.45) is 4.47. The minimum absolute atomic E-state index is 0.0910. The monoisotopic (exact) mass is 327 g/mol. The molecule has 0 heterocycles. The first-order valence-corrected chi connectivity index (χ1v) is 7.96. The van der Waals surface area contributed by atoms with Gasteiger partial charge < -0.3 is 21.5 Å². The quantitative estimate of drug-likeness (QED) is 0.423. The largest absolute Gasteiger partial charge is 0.480 e. The number of rotatable bonds is 9. The van der Waals surface area contributed by atoms with Crippen molar-refractivity contribution >= 4 is 23.6 Å². The second kappa shape index (κ2) is 9.24. The van der Waals surface area contributed by atoms with Crippen molar-refractivity contribution in [3.63, 3.8) is 0 Å². The zero-order valence-corrected chi connectivity index (χ0v) is 13.3. The third-order valence-corrected chi connectivity index (χ3v) is 4.02. The van der Waals surface area contributed by atoms with Gasteiger partial charge in [0.1, 0.15) is 6.04 Å². The number of amides is 2. The Morgan fingerprint density at radius 3 is 2.35 bits per heavy atom. The number of ketones is 1. The van der Waals surface area contributed by atoms with E-state index in [1.807, 2.05) is 6.92 Å². The molecule has 1 rings (SSSR count). The number of carboxylic acids is 1. The van der Waals surface area contributed by atoms with Gasteiger partial charge in [0, 0.05) is 0 Å². The molecule has 1 fully saturated rings. The summed E-state index contributed by atoms with van der Waals surface area (Å²) in [5, 5.41) is 13.8. The Balaban J connectivity index is 2.44. The van der Waals surface area contributed by atoms with Crippen LogP contribution in [-0.4, -0.2) is 47.3 Å². The second-order valence-electron chi connectivity index (χ2n) is 5.87. The first-order valence-electron chi connectivity index (χ1n) is 7.96. The van der Waals surface area contributed by atoms with E-state index >= 15 is 0 Å². The fraction of sp³-hybridized carbons (Fsp3) is 0.733. The van der Waals surface area contributed by atoms with Crippen LogP contribution in [0.4, 0.5) is 0 Å². The summed E-state index contributed by atoms with van der Waals surface area (Å²) >= 11 is 0. The van der Waals surface area contributed by atoms with Crippen LogP contribution >= 0.6 is 0 Å². The van der Waals surface area contributed by atoms with E-state index in [0.717, 1.165) is 25.7 Å². The summed E-state index contributed by atoms with van der Waals surface area (Å²) < 4.78 is 0. The third-order valence-electron chi connectivity index (χ3n) is 4.02. The Kier molecular flexibility index (Phi) is 7.67. The van der Waals surface area contributed by atoms with Crippen LogP contribution < -0.4 is 16.4 Å². The fourth-order valence-corrected chi connectivity index (χ4v) is 2.75. The number of carbonyl (C=O) groups excluding carboxylic acids is 3. The van der Waals surface area contributed by atoms with Gasteiger partial charge in [-0.3, -0.25) is 14.4 Å². The average molecular weight is 327 g/mol. The van der Waals surface area contributed by atoms with Crippen molar-refractivity contribution in [3.8, 4) is 0 Å². The van der Waals surface area contributed by atoms with E-state index in [1.165, 1.54) is 0 Å². The van der Waals surface area contributed by atoms with Crippen molar-refractivity contribution in [2.75, 3.05) is 6.54 Å². The van der Waals surface area contributed by atoms with Gasteiger partial charge in [-0.05, 0) is 25.2 Å². The summed E-state index contributed by atoms with van der Waals surface area (Å²) in [4.78, 5) is 46.3. The highest BCUT2D eigenvalue weighted by Gasteiger charge is 2.32. The minimum Gasteiger partial charge on any atom is -0.480 e. The molecule has 0 aromatic rings. The first kappa shape index (κ1) is 19.1. The van der Waals surface area contributed by atoms with Gasteiger partial charge in [-0.1, -0.05) is 26.2 Å². The number of carbonyl (C=O) groups is 4. The molecule has 8 heteroatoms. The van der Waals surface area contributed by atoms with Crippen molar-refractivity contribution in [2.45, 2.75) is 57.5 Å². The zero-order chi connectivity index (χ0) is 17.4. The van der Waals surface area contributed by atoms with E-state index in [1.54, 1.807) is 0 Å². The Labute approximate surface area is 135 Å². The molecule has 1 aliphatic rings. The SMILES string of the molecule is CCCC(N)C(=O)C(=O)NCC(=O)NC(C(=O)O)C1CCCC1. The number of aliphatic carboxylic acids is 1. The highest BCUT2D eigenvalue weighted by atomic mass is 16.4. The molecule has 8 nitrogen and oxygen atoms in total. The molecule has 0 spiro atoms. The van der Waals surface area contributed by atoms with Crippen LogP contribution in [0.5, 0.6) is 0 Å². The van der Waals surface area contributed by atoms with Crippen LogP contribution in [0.15, 0.2) is 0 Å². The molecule has 0 bridgehead atoms. The molecule has 2 unspecified atom stereocenters. The Bertz CT molecular complexity index is 460. The molecular formula is C15H25N3O5. The molecule has 0 aliphatic heterocycles. The normalized spacial score (nSPS) is 17.3. The van der Waals surface area contributed by atoms with Crippen LogP contribution in [0.2, 0.25) is 0 Å². The number of hydrogen-bond acceptors (Lipinski definition) is 5. The number of nitrogens with one attached hydrogen (secondary N) is 2. The van der Waals surface area contributed by atoms with Crippen LogP contribution in [0.25, 0.3) is 0 Å². The van der Waals surface area contributed by atoms with E-state index in [-0.39, 0.29) is 5.92 Å². The Hall–Kier alpha value is -1.96. The summed E-state index contributed by atoms with van der Waals surface area (Å²) in [5.41, 5.74) is 5.55. The maximum atomic E-state index is 11.8. The molecule has 1 saturated carbocycles. The van der Waals surface area contributed by atoms with E-state index in [2.05, 4.69) is 10.6 Å². The molecule has 2 atom stereocenters. The van der Waals surface area contributed by atoms with Gasteiger partial charge in [0.2, 0.25) is 11.7 Å². The Morgan fingerprint density at radius 1 is 1.22 bits per heavy atom. The number of Topliss-reactive ketones (excluding diaryl/α,β-unsaturated/α-hetero) is 1. The van der Waals surface area contributed by atoms with Gasteiger partial charge in [0.25, 0.3) is 5.91 Å². The molecular weight excluding hydrogens is 302 g/mol. The van der Waals surface area contributed by atoms with Crippen molar-refractivity contribution in [1.29, 1.82) is 0 Å². The van der Waals surface area contributed by atoms with E-state index in [0.29, 0.717) is 12.8 Å². The fourth-order valence-electron chi connectivity index (χ4n) is 2.75. The predicted molar refractivity (Wildman–Crippen MR) is 82.4 cm³/mol. The van der Waals surface area contributed by atoms with E-state index in [9.17, 15) is 24.3 Å². The van der Waals surface area contributed by atoms with Crippen molar-refractivity contribution in [2.24, 2.45) is 11.7 Å². The Morgan fingerprint density at radius 2 is 1.83 bits per heavy atom. The maximum Gasteiger partial charge on any atom is 0.326 e. The van der Waals surface area contributed by atoms with Gasteiger partial charge in [-0.15, -0.1) is 0 Å². The highest BCUT2D eigenvalue weighted by Crippen LogP contribution is 2.27. The summed E-state index contributed by atoms with van der Waals surface area (Å²) in [6, 6.07) is -1.84. The molecule has 23 heavy (non-hydrogen) atoms. The zero-order valence-electron chi connectivity index (χ0n) is 13.3. The average Bonchev–Trinajstić information content (AvgIpc) is 3.03. The van der Waals surface area contributed by atoms with E-state index in [4.69, 9.17) is 5.73 Å². The second-order valence-corrected chi connectivity index (χ2v) is 5.87. The van der Waals surface area contributed by atoms with Gasteiger partial charge >= 0.3 is 5.97 Å². The van der Waals surface area contributed by atoms with Crippen LogP contribution in [0, 0.1) is 5.92 Å². The van der Waals surface area contributed by atoms with Crippen molar-refractivity contribution in [3.05, 3.63) is 0 Å². The van der Waals surface area contributed by atoms with Gasteiger partial charge in [0.15, 0.2) is 0 Å². The maximum absolute atomic E-state index is 11.8. The van der Waals surface area contributed by atoms with Crippen LogP contribution in [0.3, 0.4) is 0 Å². The lowest BCUT2D eigenvalue weighted by molar-refractivity contribution is -0.143. The molecule has 2 amide bonds. The van der Waals surface area contributed by atoms with Gasteiger partial charge in [0.05, 0.1) is 12.6 Å². The van der Waals surface area contributed by atoms with E-state index < -0.39 is 42.2 Å². The van der Waals surface area contributed by atoms with Crippen molar-refractivity contribution < 1.29 is 24.3 Å². The van der Waals surface area contributed by atoms with Gasteiger partial charge in [-0.25, -0.2) is 4.79 Å². The van der Waals surface area contributed by atoms with Crippen LogP contribution in [0.1, 0.15) is 45.4 Å². The molecule has 0 aromatic carbocycles. The molecule has 130 valence electrons. The molecule has 0 radical (unpaired) electrons.